The SMILES string of the molecule is Cl.NC[C@@H]1CN(C(=O)CN2C(=O)C3C4CCC(O4)C3C2=O)C[C@H]1c1ccccc1. The van der Waals surface area contributed by atoms with Crippen molar-refractivity contribution >= 4 is 30.1 Å². The highest BCUT2D eigenvalue weighted by molar-refractivity contribution is 6.08. The number of fused-ring (bicyclic) bond motifs is 5. The van der Waals surface area contributed by atoms with E-state index in [1.54, 1.807) is 4.90 Å². The summed E-state index contributed by atoms with van der Waals surface area (Å²) in [6.07, 6.45) is 1.36. The maximum atomic E-state index is 12.9. The lowest BCUT2D eigenvalue weighted by atomic mass is 9.81. The lowest BCUT2D eigenvalue weighted by molar-refractivity contribution is -0.148. The lowest BCUT2D eigenvalue weighted by Crippen LogP contribution is -2.43. The number of carbonyl (C=O) groups is 3. The Kier molecular flexibility index (Phi) is 5.40. The molecule has 0 spiro atoms. The van der Waals surface area contributed by atoms with Crippen LogP contribution in [0, 0.1) is 17.8 Å². The summed E-state index contributed by atoms with van der Waals surface area (Å²) in [5.74, 6) is -1.04. The first-order valence-corrected chi connectivity index (χ1v) is 10.1. The normalized spacial score (nSPS) is 35.2. The molecule has 156 valence electrons. The number of likely N-dealkylation sites (tertiary alicyclic amines) is 2. The van der Waals surface area contributed by atoms with Crippen molar-refractivity contribution in [3.8, 4) is 0 Å². The zero-order chi connectivity index (χ0) is 19.4. The van der Waals surface area contributed by atoms with Crippen LogP contribution in [0.25, 0.3) is 0 Å². The fraction of sp³-hybridized carbons (Fsp3) is 0.571. The summed E-state index contributed by atoms with van der Waals surface area (Å²) in [5.41, 5.74) is 7.13. The maximum Gasteiger partial charge on any atom is 0.242 e. The molecule has 5 rings (SSSR count). The van der Waals surface area contributed by atoms with Gasteiger partial charge < -0.3 is 15.4 Å². The highest BCUT2D eigenvalue weighted by Crippen LogP contribution is 2.48. The number of imide groups is 1. The molecule has 0 radical (unpaired) electrons. The van der Waals surface area contributed by atoms with Gasteiger partial charge in [0.2, 0.25) is 17.7 Å². The van der Waals surface area contributed by atoms with Gasteiger partial charge in [0.1, 0.15) is 6.54 Å². The van der Waals surface area contributed by atoms with Crippen molar-refractivity contribution in [2.24, 2.45) is 23.5 Å². The minimum Gasteiger partial charge on any atom is -0.373 e. The van der Waals surface area contributed by atoms with E-state index in [-0.39, 0.29) is 72.6 Å². The topological polar surface area (TPSA) is 92.9 Å². The van der Waals surface area contributed by atoms with Gasteiger partial charge >= 0.3 is 0 Å². The van der Waals surface area contributed by atoms with Crippen molar-refractivity contribution in [2.75, 3.05) is 26.2 Å². The predicted molar refractivity (Wildman–Crippen MR) is 107 cm³/mol. The first kappa shape index (κ1) is 20.3. The lowest BCUT2D eigenvalue weighted by Gasteiger charge is -2.22. The van der Waals surface area contributed by atoms with Crippen LogP contribution in [0.1, 0.15) is 24.3 Å². The van der Waals surface area contributed by atoms with E-state index in [2.05, 4.69) is 12.1 Å². The van der Waals surface area contributed by atoms with Gasteiger partial charge in [0, 0.05) is 19.0 Å². The quantitative estimate of drug-likeness (QED) is 0.728. The minimum atomic E-state index is -0.383. The maximum absolute atomic E-state index is 12.9. The second-order valence-electron chi connectivity index (χ2n) is 8.42. The molecular weight excluding hydrogens is 394 g/mol. The molecule has 0 aliphatic carbocycles. The Bertz CT molecular complexity index is 791. The third kappa shape index (κ3) is 3.16. The van der Waals surface area contributed by atoms with E-state index in [4.69, 9.17) is 10.5 Å². The van der Waals surface area contributed by atoms with Gasteiger partial charge in [-0.05, 0) is 30.9 Å². The van der Waals surface area contributed by atoms with Crippen LogP contribution in [0.5, 0.6) is 0 Å². The molecule has 1 aromatic carbocycles. The Morgan fingerprint density at radius 2 is 1.66 bits per heavy atom. The first-order chi connectivity index (χ1) is 13.6. The molecule has 2 N–H and O–H groups in total. The molecule has 8 heteroatoms. The fourth-order valence-electron chi connectivity index (χ4n) is 5.56. The van der Waals surface area contributed by atoms with E-state index in [9.17, 15) is 14.4 Å². The molecule has 0 aromatic heterocycles. The van der Waals surface area contributed by atoms with Crippen molar-refractivity contribution < 1.29 is 19.1 Å². The van der Waals surface area contributed by atoms with Crippen LogP contribution in [0.15, 0.2) is 30.3 Å². The average Bonchev–Trinajstić information content (AvgIpc) is 3.48. The van der Waals surface area contributed by atoms with Gasteiger partial charge in [-0.1, -0.05) is 30.3 Å². The van der Waals surface area contributed by atoms with E-state index >= 15 is 0 Å². The Labute approximate surface area is 175 Å². The molecule has 4 aliphatic heterocycles. The number of nitrogens with two attached hydrogens (primary N) is 1. The minimum absolute atomic E-state index is 0. The molecule has 3 amide bonds. The highest BCUT2D eigenvalue weighted by atomic mass is 35.5. The molecule has 4 heterocycles. The van der Waals surface area contributed by atoms with Gasteiger partial charge in [0.15, 0.2) is 0 Å². The molecule has 1 aromatic rings. The largest absolute Gasteiger partial charge is 0.373 e. The third-order valence-corrected chi connectivity index (χ3v) is 6.99. The Morgan fingerprint density at radius 3 is 2.24 bits per heavy atom. The van der Waals surface area contributed by atoms with Crippen molar-refractivity contribution in [2.45, 2.75) is 31.0 Å². The number of amides is 3. The van der Waals surface area contributed by atoms with E-state index in [0.717, 1.165) is 12.8 Å². The fourth-order valence-corrected chi connectivity index (χ4v) is 5.56. The van der Waals surface area contributed by atoms with Crippen LogP contribution in [-0.2, 0) is 19.1 Å². The van der Waals surface area contributed by atoms with Crippen LogP contribution in [-0.4, -0.2) is 65.9 Å². The van der Waals surface area contributed by atoms with Crippen LogP contribution in [0.2, 0.25) is 0 Å². The van der Waals surface area contributed by atoms with Crippen LogP contribution < -0.4 is 5.73 Å². The number of benzene rings is 1. The molecule has 0 saturated carbocycles. The standard InChI is InChI=1S/C21H25N3O4.ClH/c22-8-13-9-23(10-14(13)12-4-2-1-3-5-12)17(25)11-24-20(26)18-15-6-7-16(28-15)19(18)21(24)27;/h1-5,13-16,18-19H,6-11,22H2;1H/t13-,14+,15?,16?,18?,19?;/m1./s1. The number of rotatable bonds is 4. The van der Waals surface area contributed by atoms with Gasteiger partial charge in [-0.2, -0.15) is 0 Å². The molecule has 4 unspecified atom stereocenters. The number of hydrogen-bond donors (Lipinski definition) is 1. The number of nitrogens with zero attached hydrogens (tertiary/aromatic N) is 2. The molecule has 29 heavy (non-hydrogen) atoms. The van der Waals surface area contributed by atoms with Gasteiger partial charge in [0.25, 0.3) is 0 Å². The number of hydrogen-bond acceptors (Lipinski definition) is 5. The van der Waals surface area contributed by atoms with E-state index in [1.165, 1.54) is 10.5 Å². The zero-order valence-corrected chi connectivity index (χ0v) is 16.9. The predicted octanol–water partition coefficient (Wildman–Crippen LogP) is 0.772. The molecule has 4 saturated heterocycles. The van der Waals surface area contributed by atoms with Crippen molar-refractivity contribution in [3.05, 3.63) is 35.9 Å². The average molecular weight is 420 g/mol. The zero-order valence-electron chi connectivity index (χ0n) is 16.1. The summed E-state index contributed by atoms with van der Waals surface area (Å²) in [6.45, 7) is 1.47. The molecule has 4 aliphatic rings. The smallest absolute Gasteiger partial charge is 0.242 e. The Morgan fingerprint density at radius 1 is 1.03 bits per heavy atom. The summed E-state index contributed by atoms with van der Waals surface area (Å²) in [4.78, 5) is 41.4. The van der Waals surface area contributed by atoms with Gasteiger partial charge in [-0.3, -0.25) is 19.3 Å². The summed E-state index contributed by atoms with van der Waals surface area (Å²) in [5, 5.41) is 0. The van der Waals surface area contributed by atoms with Crippen molar-refractivity contribution in [1.29, 1.82) is 0 Å². The summed E-state index contributed by atoms with van der Waals surface area (Å²) in [7, 11) is 0. The molecule has 6 atom stereocenters. The molecule has 2 bridgehead atoms. The second kappa shape index (κ2) is 7.70. The van der Waals surface area contributed by atoms with Gasteiger partial charge in [-0.25, -0.2) is 0 Å². The third-order valence-electron chi connectivity index (χ3n) is 6.99. The van der Waals surface area contributed by atoms with Crippen LogP contribution >= 0.6 is 12.4 Å². The van der Waals surface area contributed by atoms with Crippen LogP contribution in [0.4, 0.5) is 0 Å². The number of halogens is 1. The Hall–Kier alpha value is -1.96. The van der Waals surface area contributed by atoms with Crippen LogP contribution in [0.3, 0.4) is 0 Å². The second-order valence-corrected chi connectivity index (χ2v) is 8.42. The van der Waals surface area contributed by atoms with E-state index < -0.39 is 0 Å². The highest BCUT2D eigenvalue weighted by Gasteiger charge is 2.62. The van der Waals surface area contributed by atoms with Crippen molar-refractivity contribution in [3.63, 3.8) is 0 Å². The summed E-state index contributed by atoms with van der Waals surface area (Å²) < 4.78 is 5.75. The van der Waals surface area contributed by atoms with Gasteiger partial charge in [0.05, 0.1) is 24.0 Å². The van der Waals surface area contributed by atoms with Crippen molar-refractivity contribution in [1.82, 2.24) is 9.80 Å². The summed E-state index contributed by atoms with van der Waals surface area (Å²) in [6, 6.07) is 10.1. The van der Waals surface area contributed by atoms with Gasteiger partial charge in [-0.15, -0.1) is 12.4 Å². The molecule has 4 fully saturated rings. The monoisotopic (exact) mass is 419 g/mol. The molecule has 7 nitrogen and oxygen atoms in total. The summed E-state index contributed by atoms with van der Waals surface area (Å²) >= 11 is 0. The first-order valence-electron chi connectivity index (χ1n) is 10.1. The molecular formula is C21H26ClN3O4. The Balaban J connectivity index is 0.00000205. The van der Waals surface area contributed by atoms with E-state index in [0.29, 0.717) is 19.6 Å². The van der Waals surface area contributed by atoms with E-state index in [1.807, 2.05) is 18.2 Å². The number of carbonyl (C=O) groups excluding carboxylic acids is 3. The number of ether oxygens (including phenoxy) is 1.